The molecular weight excluding hydrogens is 362 g/mol. The van der Waals surface area contributed by atoms with Gasteiger partial charge in [-0.3, -0.25) is 4.68 Å². The number of aromatic nitrogens is 2. The van der Waals surface area contributed by atoms with Crippen molar-refractivity contribution in [3.8, 4) is 0 Å². The molecule has 0 saturated heterocycles. The van der Waals surface area contributed by atoms with Crippen molar-refractivity contribution in [3.63, 3.8) is 0 Å². The zero-order chi connectivity index (χ0) is 14.6. The molecule has 1 aromatic carbocycles. The third-order valence-corrected chi connectivity index (χ3v) is 5.43. The molecule has 5 nitrogen and oxygen atoms in total. The highest BCUT2D eigenvalue weighted by molar-refractivity contribution is 9.10. The van der Waals surface area contributed by atoms with E-state index in [2.05, 4.69) is 25.8 Å². The molecule has 0 aliphatic heterocycles. The van der Waals surface area contributed by atoms with E-state index in [-0.39, 0.29) is 4.90 Å². The predicted octanol–water partition coefficient (Wildman–Crippen LogP) is 2.25. The van der Waals surface area contributed by atoms with Crippen LogP contribution in [0.15, 0.2) is 50.9 Å². The third kappa shape index (κ3) is 4.34. The van der Waals surface area contributed by atoms with Gasteiger partial charge in [0.1, 0.15) is 4.90 Å². The van der Waals surface area contributed by atoms with E-state index in [4.69, 9.17) is 0 Å². The van der Waals surface area contributed by atoms with Crippen LogP contribution in [-0.4, -0.2) is 30.5 Å². The number of nitrogens with one attached hydrogen (secondary N) is 1. The van der Waals surface area contributed by atoms with E-state index in [1.807, 2.05) is 24.3 Å². The van der Waals surface area contributed by atoms with Crippen molar-refractivity contribution in [1.29, 1.82) is 0 Å². The number of sulfonamides is 1. The van der Waals surface area contributed by atoms with Crippen LogP contribution >= 0.6 is 27.7 Å². The molecule has 8 heteroatoms. The average molecular weight is 376 g/mol. The summed E-state index contributed by atoms with van der Waals surface area (Å²) in [6.07, 6.45) is 2.81. The van der Waals surface area contributed by atoms with Crippen LogP contribution in [0.4, 0.5) is 0 Å². The number of thioether (sulfide) groups is 1. The van der Waals surface area contributed by atoms with Gasteiger partial charge in [-0.25, -0.2) is 13.1 Å². The number of aryl methyl sites for hydroxylation is 1. The van der Waals surface area contributed by atoms with Crippen LogP contribution in [0.2, 0.25) is 0 Å². The molecule has 0 spiro atoms. The highest BCUT2D eigenvalue weighted by Gasteiger charge is 2.14. The van der Waals surface area contributed by atoms with Gasteiger partial charge in [0, 0.05) is 34.9 Å². The Bertz CT molecular complexity index is 668. The van der Waals surface area contributed by atoms with Crippen LogP contribution in [0.5, 0.6) is 0 Å². The van der Waals surface area contributed by atoms with Crippen molar-refractivity contribution >= 4 is 37.7 Å². The molecule has 1 heterocycles. The molecule has 2 aromatic rings. The summed E-state index contributed by atoms with van der Waals surface area (Å²) in [5.74, 6) is 0.668. The van der Waals surface area contributed by atoms with E-state index in [1.54, 1.807) is 18.8 Å². The standard InChI is InChI=1S/C12H14BrN3O2S2/c1-16-9-12(8-14-16)20(17,18)15-6-7-19-11-4-2-10(13)3-5-11/h2-5,8-9,15H,6-7H2,1H3. The summed E-state index contributed by atoms with van der Waals surface area (Å²) in [7, 11) is -1.77. The minimum atomic E-state index is -3.45. The Kier molecular flexibility index (Phi) is 5.25. The average Bonchev–Trinajstić information content (AvgIpc) is 2.84. The molecule has 2 rings (SSSR count). The molecule has 0 amide bonds. The maximum Gasteiger partial charge on any atom is 0.243 e. The fourth-order valence-electron chi connectivity index (χ4n) is 1.50. The van der Waals surface area contributed by atoms with E-state index in [0.29, 0.717) is 12.3 Å². The fraction of sp³-hybridized carbons (Fsp3) is 0.250. The van der Waals surface area contributed by atoms with Gasteiger partial charge >= 0.3 is 0 Å². The van der Waals surface area contributed by atoms with Crippen molar-refractivity contribution < 1.29 is 8.42 Å². The second kappa shape index (κ2) is 6.75. The summed E-state index contributed by atoms with van der Waals surface area (Å²) in [5, 5.41) is 3.85. The van der Waals surface area contributed by atoms with Crippen LogP contribution in [0.3, 0.4) is 0 Å². The predicted molar refractivity (Wildman–Crippen MR) is 83.3 cm³/mol. The SMILES string of the molecule is Cn1cc(S(=O)(=O)NCCSc2ccc(Br)cc2)cn1. The molecule has 1 N–H and O–H groups in total. The monoisotopic (exact) mass is 375 g/mol. The Morgan fingerprint density at radius 3 is 2.65 bits per heavy atom. The lowest BCUT2D eigenvalue weighted by molar-refractivity contribution is 0.584. The Labute approximate surface area is 130 Å². The van der Waals surface area contributed by atoms with Crippen LogP contribution < -0.4 is 4.72 Å². The fourth-order valence-corrected chi connectivity index (χ4v) is 3.67. The van der Waals surface area contributed by atoms with Gasteiger partial charge < -0.3 is 0 Å². The molecular formula is C12H14BrN3O2S2. The molecule has 0 unspecified atom stereocenters. The number of hydrogen-bond donors (Lipinski definition) is 1. The number of hydrogen-bond acceptors (Lipinski definition) is 4. The lowest BCUT2D eigenvalue weighted by Gasteiger charge is -2.04. The minimum Gasteiger partial charge on any atom is -0.274 e. The highest BCUT2D eigenvalue weighted by Crippen LogP contribution is 2.20. The van der Waals surface area contributed by atoms with Gasteiger partial charge in [0.15, 0.2) is 0 Å². The van der Waals surface area contributed by atoms with Crippen LogP contribution in [0.1, 0.15) is 0 Å². The largest absolute Gasteiger partial charge is 0.274 e. The molecule has 0 aliphatic carbocycles. The Morgan fingerprint density at radius 1 is 1.35 bits per heavy atom. The van der Waals surface area contributed by atoms with Crippen molar-refractivity contribution in [2.45, 2.75) is 9.79 Å². The van der Waals surface area contributed by atoms with E-state index >= 15 is 0 Å². The van der Waals surface area contributed by atoms with Gasteiger partial charge in [0.2, 0.25) is 10.0 Å². The molecule has 108 valence electrons. The second-order valence-corrected chi connectivity index (χ2v) is 7.90. The van der Waals surface area contributed by atoms with Gasteiger partial charge in [0.25, 0.3) is 0 Å². The maximum absolute atomic E-state index is 11.9. The summed E-state index contributed by atoms with van der Waals surface area (Å²) in [4.78, 5) is 1.29. The molecule has 0 atom stereocenters. The summed E-state index contributed by atoms with van der Waals surface area (Å²) < 4.78 is 28.9. The maximum atomic E-state index is 11.9. The van der Waals surface area contributed by atoms with Gasteiger partial charge in [-0.2, -0.15) is 5.10 Å². The number of rotatable bonds is 6. The molecule has 20 heavy (non-hydrogen) atoms. The summed E-state index contributed by atoms with van der Waals surface area (Å²) in [6, 6.07) is 7.90. The zero-order valence-electron chi connectivity index (χ0n) is 10.8. The van der Waals surface area contributed by atoms with E-state index in [1.165, 1.54) is 17.1 Å². The van der Waals surface area contributed by atoms with Crippen LogP contribution in [0.25, 0.3) is 0 Å². The first-order valence-corrected chi connectivity index (χ1v) is 9.10. The van der Waals surface area contributed by atoms with Gasteiger partial charge in [-0.05, 0) is 24.3 Å². The van der Waals surface area contributed by atoms with Gasteiger partial charge in [0.05, 0.1) is 6.20 Å². The summed E-state index contributed by atoms with van der Waals surface area (Å²) in [5.41, 5.74) is 0. The van der Waals surface area contributed by atoms with Crippen molar-refractivity contribution in [3.05, 3.63) is 41.1 Å². The molecule has 0 aliphatic rings. The number of halogens is 1. The first-order valence-electron chi connectivity index (χ1n) is 5.84. The first kappa shape index (κ1) is 15.6. The third-order valence-electron chi connectivity index (χ3n) is 2.47. The normalized spacial score (nSPS) is 11.7. The van der Waals surface area contributed by atoms with Crippen LogP contribution in [0, 0.1) is 0 Å². The molecule has 0 radical (unpaired) electrons. The molecule has 1 aromatic heterocycles. The quantitative estimate of drug-likeness (QED) is 0.621. The van der Waals surface area contributed by atoms with Gasteiger partial charge in [-0.15, -0.1) is 11.8 Å². The Balaban J connectivity index is 1.82. The van der Waals surface area contributed by atoms with Gasteiger partial charge in [-0.1, -0.05) is 15.9 Å². The number of benzene rings is 1. The van der Waals surface area contributed by atoms with E-state index in [9.17, 15) is 8.42 Å². The summed E-state index contributed by atoms with van der Waals surface area (Å²) >= 11 is 4.97. The topological polar surface area (TPSA) is 64.0 Å². The molecule has 0 bridgehead atoms. The number of nitrogens with zero attached hydrogens (tertiary/aromatic N) is 2. The van der Waals surface area contributed by atoms with Crippen molar-refractivity contribution in [1.82, 2.24) is 14.5 Å². The smallest absolute Gasteiger partial charge is 0.243 e. The lowest BCUT2D eigenvalue weighted by atomic mass is 10.4. The lowest BCUT2D eigenvalue weighted by Crippen LogP contribution is -2.25. The molecule has 0 saturated carbocycles. The second-order valence-electron chi connectivity index (χ2n) is 4.05. The Morgan fingerprint density at radius 2 is 2.05 bits per heavy atom. The van der Waals surface area contributed by atoms with E-state index < -0.39 is 10.0 Å². The zero-order valence-corrected chi connectivity index (χ0v) is 14.0. The van der Waals surface area contributed by atoms with Crippen LogP contribution in [-0.2, 0) is 17.1 Å². The van der Waals surface area contributed by atoms with E-state index in [0.717, 1.165) is 9.37 Å². The Hall–Kier alpha value is -0.830. The van der Waals surface area contributed by atoms with Crippen molar-refractivity contribution in [2.24, 2.45) is 7.05 Å². The highest BCUT2D eigenvalue weighted by atomic mass is 79.9. The minimum absolute atomic E-state index is 0.189. The summed E-state index contributed by atoms with van der Waals surface area (Å²) in [6.45, 7) is 0.373. The molecule has 0 fully saturated rings. The van der Waals surface area contributed by atoms with Crippen molar-refractivity contribution in [2.75, 3.05) is 12.3 Å². The first-order chi connectivity index (χ1) is 9.47.